The molecule has 6 nitrogen and oxygen atoms in total. The van der Waals surface area contributed by atoms with Crippen LogP contribution in [-0.4, -0.2) is 45.4 Å². The van der Waals surface area contributed by atoms with Crippen molar-refractivity contribution in [3.63, 3.8) is 0 Å². The van der Waals surface area contributed by atoms with Crippen LogP contribution in [0.3, 0.4) is 0 Å². The molecule has 1 atom stereocenters. The zero-order chi connectivity index (χ0) is 17.0. The number of hydrogen-bond donors (Lipinski definition) is 2. The SMILES string of the molecule is Cc1ccc(S(=O)(=O)NCCN2CCC[C@@H](C)C2)cc1C(N)=O. The van der Waals surface area contributed by atoms with E-state index < -0.39 is 15.9 Å². The summed E-state index contributed by atoms with van der Waals surface area (Å²) in [7, 11) is -3.63. The van der Waals surface area contributed by atoms with Gasteiger partial charge in [-0.1, -0.05) is 13.0 Å². The van der Waals surface area contributed by atoms with E-state index in [2.05, 4.69) is 16.5 Å². The number of primary amides is 1. The average Bonchev–Trinajstić information content (AvgIpc) is 2.47. The molecular weight excluding hydrogens is 314 g/mol. The van der Waals surface area contributed by atoms with Crippen molar-refractivity contribution >= 4 is 15.9 Å². The van der Waals surface area contributed by atoms with E-state index in [1.54, 1.807) is 13.0 Å². The van der Waals surface area contributed by atoms with Gasteiger partial charge < -0.3 is 10.6 Å². The second-order valence-corrected chi connectivity index (χ2v) is 8.05. The van der Waals surface area contributed by atoms with Gasteiger partial charge in [0.2, 0.25) is 15.9 Å². The number of nitrogens with two attached hydrogens (primary N) is 1. The maximum Gasteiger partial charge on any atom is 0.249 e. The van der Waals surface area contributed by atoms with Gasteiger partial charge in [-0.2, -0.15) is 0 Å². The van der Waals surface area contributed by atoms with Crippen LogP contribution in [-0.2, 0) is 10.0 Å². The molecule has 7 heteroatoms. The van der Waals surface area contributed by atoms with E-state index in [9.17, 15) is 13.2 Å². The van der Waals surface area contributed by atoms with Gasteiger partial charge in [0.25, 0.3) is 0 Å². The highest BCUT2D eigenvalue weighted by Gasteiger charge is 2.19. The predicted molar refractivity (Wildman–Crippen MR) is 89.7 cm³/mol. The Morgan fingerprint density at radius 3 is 2.83 bits per heavy atom. The van der Waals surface area contributed by atoms with Gasteiger partial charge in [0.15, 0.2) is 0 Å². The lowest BCUT2D eigenvalue weighted by atomic mass is 10.0. The Morgan fingerprint density at radius 1 is 1.43 bits per heavy atom. The Hall–Kier alpha value is -1.44. The monoisotopic (exact) mass is 339 g/mol. The van der Waals surface area contributed by atoms with Crippen molar-refractivity contribution in [2.24, 2.45) is 11.7 Å². The Morgan fingerprint density at radius 2 is 2.17 bits per heavy atom. The van der Waals surface area contributed by atoms with Crippen LogP contribution < -0.4 is 10.5 Å². The van der Waals surface area contributed by atoms with Crippen molar-refractivity contribution < 1.29 is 13.2 Å². The van der Waals surface area contributed by atoms with Crippen molar-refractivity contribution in [1.29, 1.82) is 0 Å². The summed E-state index contributed by atoms with van der Waals surface area (Å²) in [4.78, 5) is 13.7. The Balaban J connectivity index is 1.99. The molecule has 1 aliphatic rings. The standard InChI is InChI=1S/C16H25N3O3S/c1-12-4-3-8-19(11-12)9-7-18-23(21,22)14-6-5-13(2)15(10-14)16(17)20/h5-6,10,12,18H,3-4,7-9,11H2,1-2H3,(H2,17,20)/t12-/m1/s1. The molecule has 0 bridgehead atoms. The predicted octanol–water partition coefficient (Wildman–Crippen LogP) is 1.10. The van der Waals surface area contributed by atoms with Crippen LogP contribution in [0.2, 0.25) is 0 Å². The molecule has 1 aromatic carbocycles. The lowest BCUT2D eigenvalue weighted by Crippen LogP contribution is -2.40. The number of carbonyl (C=O) groups is 1. The molecule has 1 aromatic rings. The smallest absolute Gasteiger partial charge is 0.249 e. The van der Waals surface area contributed by atoms with E-state index in [0.29, 0.717) is 24.6 Å². The van der Waals surface area contributed by atoms with Crippen molar-refractivity contribution in [3.8, 4) is 0 Å². The fourth-order valence-corrected chi connectivity index (χ4v) is 3.99. The molecule has 1 amide bonds. The molecule has 128 valence electrons. The lowest BCUT2D eigenvalue weighted by molar-refractivity contribution is 0.0999. The first-order valence-corrected chi connectivity index (χ1v) is 9.40. The molecule has 1 saturated heterocycles. The van der Waals surface area contributed by atoms with Crippen LogP contribution in [0.1, 0.15) is 35.7 Å². The van der Waals surface area contributed by atoms with Crippen LogP contribution in [0, 0.1) is 12.8 Å². The van der Waals surface area contributed by atoms with Crippen LogP contribution in [0.25, 0.3) is 0 Å². The number of nitrogens with zero attached hydrogens (tertiary/aromatic N) is 1. The molecule has 0 unspecified atom stereocenters. The molecule has 0 aromatic heterocycles. The van der Waals surface area contributed by atoms with Gasteiger partial charge in [-0.3, -0.25) is 4.79 Å². The molecule has 0 aliphatic carbocycles. The molecule has 1 heterocycles. The van der Waals surface area contributed by atoms with E-state index in [-0.39, 0.29) is 10.5 Å². The van der Waals surface area contributed by atoms with Crippen LogP contribution in [0.15, 0.2) is 23.1 Å². The molecular formula is C16H25N3O3S. The second kappa shape index (κ2) is 7.42. The number of sulfonamides is 1. The lowest BCUT2D eigenvalue weighted by Gasteiger charge is -2.30. The molecule has 0 spiro atoms. The summed E-state index contributed by atoms with van der Waals surface area (Å²) in [5.41, 5.74) is 6.18. The number of nitrogens with one attached hydrogen (secondary N) is 1. The van der Waals surface area contributed by atoms with E-state index >= 15 is 0 Å². The van der Waals surface area contributed by atoms with Gasteiger partial charge in [-0.05, 0) is 49.9 Å². The molecule has 23 heavy (non-hydrogen) atoms. The zero-order valence-corrected chi connectivity index (χ0v) is 14.5. The van der Waals surface area contributed by atoms with E-state index in [0.717, 1.165) is 19.5 Å². The summed E-state index contributed by atoms with van der Waals surface area (Å²) >= 11 is 0. The van der Waals surface area contributed by atoms with Crippen LogP contribution in [0.5, 0.6) is 0 Å². The molecule has 0 radical (unpaired) electrons. The third kappa shape index (κ3) is 4.76. The van der Waals surface area contributed by atoms with Gasteiger partial charge >= 0.3 is 0 Å². The van der Waals surface area contributed by atoms with Crippen molar-refractivity contribution in [2.45, 2.75) is 31.6 Å². The highest BCUT2D eigenvalue weighted by Crippen LogP contribution is 2.16. The Kier molecular flexibility index (Phi) is 5.78. The number of benzene rings is 1. The summed E-state index contributed by atoms with van der Waals surface area (Å²) in [6, 6.07) is 4.43. The highest BCUT2D eigenvalue weighted by molar-refractivity contribution is 7.89. The third-order valence-corrected chi connectivity index (χ3v) is 5.70. The summed E-state index contributed by atoms with van der Waals surface area (Å²) in [5.74, 6) is 0.0393. The Bertz CT molecular complexity index is 673. The molecule has 0 saturated carbocycles. The topological polar surface area (TPSA) is 92.5 Å². The van der Waals surface area contributed by atoms with Gasteiger partial charge in [-0.25, -0.2) is 13.1 Å². The summed E-state index contributed by atoms with van der Waals surface area (Å²) in [5, 5.41) is 0. The summed E-state index contributed by atoms with van der Waals surface area (Å²) in [6.45, 7) is 7.02. The van der Waals surface area contributed by atoms with Crippen molar-refractivity contribution in [3.05, 3.63) is 29.3 Å². The maximum atomic E-state index is 12.3. The minimum Gasteiger partial charge on any atom is -0.366 e. The summed E-state index contributed by atoms with van der Waals surface area (Å²) in [6.07, 6.45) is 2.40. The number of piperidine rings is 1. The van der Waals surface area contributed by atoms with Gasteiger partial charge in [0.1, 0.15) is 0 Å². The van der Waals surface area contributed by atoms with Gasteiger partial charge in [0.05, 0.1) is 4.90 Å². The number of rotatable bonds is 6. The zero-order valence-electron chi connectivity index (χ0n) is 13.7. The number of aryl methyl sites for hydroxylation is 1. The first-order chi connectivity index (χ1) is 10.8. The molecule has 1 fully saturated rings. The number of carbonyl (C=O) groups excluding carboxylic acids is 1. The highest BCUT2D eigenvalue weighted by atomic mass is 32.2. The minimum absolute atomic E-state index is 0.0731. The number of amides is 1. The van der Waals surface area contributed by atoms with Crippen molar-refractivity contribution in [2.75, 3.05) is 26.2 Å². The minimum atomic E-state index is -3.63. The summed E-state index contributed by atoms with van der Waals surface area (Å²) < 4.78 is 27.3. The Labute approximate surface area is 138 Å². The van der Waals surface area contributed by atoms with Gasteiger partial charge in [0, 0.05) is 25.2 Å². The normalized spacial score (nSPS) is 19.7. The quantitative estimate of drug-likeness (QED) is 0.812. The first kappa shape index (κ1) is 17.9. The molecule has 1 aliphatic heterocycles. The second-order valence-electron chi connectivity index (χ2n) is 6.29. The fraction of sp³-hybridized carbons (Fsp3) is 0.562. The third-order valence-electron chi connectivity index (χ3n) is 4.25. The average molecular weight is 339 g/mol. The maximum absolute atomic E-state index is 12.3. The van der Waals surface area contributed by atoms with Crippen LogP contribution in [0.4, 0.5) is 0 Å². The van der Waals surface area contributed by atoms with Crippen molar-refractivity contribution in [1.82, 2.24) is 9.62 Å². The van der Waals surface area contributed by atoms with E-state index in [1.165, 1.54) is 18.6 Å². The first-order valence-electron chi connectivity index (χ1n) is 7.92. The van der Waals surface area contributed by atoms with Crippen LogP contribution >= 0.6 is 0 Å². The fourth-order valence-electron chi connectivity index (χ4n) is 2.94. The van der Waals surface area contributed by atoms with Gasteiger partial charge in [-0.15, -0.1) is 0 Å². The van der Waals surface area contributed by atoms with E-state index in [4.69, 9.17) is 5.73 Å². The molecule has 2 rings (SSSR count). The largest absolute Gasteiger partial charge is 0.366 e. The molecule has 3 N–H and O–H groups in total. The number of hydrogen-bond acceptors (Lipinski definition) is 4. The van der Waals surface area contributed by atoms with E-state index in [1.807, 2.05) is 0 Å². The number of likely N-dealkylation sites (tertiary alicyclic amines) is 1.